The van der Waals surface area contributed by atoms with Gasteiger partial charge in [-0.2, -0.15) is 0 Å². The maximum absolute atomic E-state index is 10.7. The third kappa shape index (κ3) is 4.21. The Morgan fingerprint density at radius 1 is 1.14 bits per heavy atom. The number of nitro benzene ring substituents is 1. The standard InChI is InChI=1S/C15H15NO4S/c17-12(10-21-13-6-2-1-3-7-13)9-11-5-4-8-14(15(11)18)16(19)20/h1-8,12,17-18H,9-10H2. The van der Waals surface area contributed by atoms with Crippen molar-refractivity contribution in [3.05, 3.63) is 64.2 Å². The van der Waals surface area contributed by atoms with Crippen LogP contribution in [0.25, 0.3) is 0 Å². The van der Waals surface area contributed by atoms with Crippen LogP contribution in [0.2, 0.25) is 0 Å². The number of benzene rings is 2. The summed E-state index contributed by atoms with van der Waals surface area (Å²) >= 11 is 1.50. The van der Waals surface area contributed by atoms with Crippen molar-refractivity contribution >= 4 is 17.4 Å². The molecule has 0 saturated heterocycles. The average molecular weight is 305 g/mol. The zero-order valence-electron chi connectivity index (χ0n) is 11.2. The highest BCUT2D eigenvalue weighted by Crippen LogP contribution is 2.30. The van der Waals surface area contributed by atoms with Gasteiger partial charge in [0.15, 0.2) is 5.75 Å². The summed E-state index contributed by atoms with van der Waals surface area (Å²) in [5.74, 6) is 0.0813. The molecule has 2 N–H and O–H groups in total. The van der Waals surface area contributed by atoms with Crippen LogP contribution in [-0.2, 0) is 6.42 Å². The van der Waals surface area contributed by atoms with Gasteiger partial charge in [0.1, 0.15) is 0 Å². The fourth-order valence-corrected chi connectivity index (χ4v) is 2.76. The van der Waals surface area contributed by atoms with Gasteiger partial charge in [-0.15, -0.1) is 11.8 Å². The molecule has 2 rings (SSSR count). The summed E-state index contributed by atoms with van der Waals surface area (Å²) in [5, 5.41) is 30.6. The van der Waals surface area contributed by atoms with E-state index in [0.29, 0.717) is 11.3 Å². The monoisotopic (exact) mass is 305 g/mol. The van der Waals surface area contributed by atoms with Crippen LogP contribution in [0.3, 0.4) is 0 Å². The van der Waals surface area contributed by atoms with E-state index in [0.717, 1.165) is 4.90 Å². The molecule has 21 heavy (non-hydrogen) atoms. The molecular formula is C15H15NO4S. The molecule has 0 aliphatic carbocycles. The van der Waals surface area contributed by atoms with Crippen LogP contribution in [0.15, 0.2) is 53.4 Å². The lowest BCUT2D eigenvalue weighted by Crippen LogP contribution is -2.13. The minimum Gasteiger partial charge on any atom is -0.502 e. The lowest BCUT2D eigenvalue weighted by molar-refractivity contribution is -0.385. The first kappa shape index (κ1) is 15.3. The van der Waals surface area contributed by atoms with E-state index >= 15 is 0 Å². The number of thioether (sulfide) groups is 1. The molecule has 0 aliphatic rings. The predicted octanol–water partition coefficient (Wildman–Crippen LogP) is 3.00. The molecule has 2 aromatic rings. The minimum absolute atomic E-state index is 0.174. The van der Waals surface area contributed by atoms with E-state index in [2.05, 4.69) is 0 Å². The van der Waals surface area contributed by atoms with Crippen LogP contribution in [-0.4, -0.2) is 27.0 Å². The van der Waals surface area contributed by atoms with Crippen molar-refractivity contribution in [3.8, 4) is 5.75 Å². The molecule has 6 heteroatoms. The lowest BCUT2D eigenvalue weighted by Gasteiger charge is -2.11. The third-order valence-corrected chi connectivity index (χ3v) is 4.09. The maximum Gasteiger partial charge on any atom is 0.310 e. The summed E-state index contributed by atoms with van der Waals surface area (Å²) in [6, 6.07) is 14.0. The van der Waals surface area contributed by atoms with Gasteiger partial charge in [-0.3, -0.25) is 10.1 Å². The van der Waals surface area contributed by atoms with Crippen LogP contribution >= 0.6 is 11.8 Å². The van der Waals surface area contributed by atoms with Crippen molar-refractivity contribution in [1.29, 1.82) is 0 Å². The molecule has 0 radical (unpaired) electrons. The minimum atomic E-state index is -0.692. The molecule has 2 aromatic carbocycles. The fraction of sp³-hybridized carbons (Fsp3) is 0.200. The van der Waals surface area contributed by atoms with E-state index in [4.69, 9.17) is 0 Å². The Morgan fingerprint density at radius 2 is 1.86 bits per heavy atom. The molecule has 0 fully saturated rings. The summed E-state index contributed by atoms with van der Waals surface area (Å²) in [6.45, 7) is 0. The molecule has 0 aromatic heterocycles. The molecule has 1 atom stereocenters. The summed E-state index contributed by atoms with van der Waals surface area (Å²) in [6.07, 6.45) is -0.518. The van der Waals surface area contributed by atoms with Gasteiger partial charge >= 0.3 is 5.69 Å². The van der Waals surface area contributed by atoms with Crippen LogP contribution in [0.5, 0.6) is 5.75 Å². The fourth-order valence-electron chi connectivity index (χ4n) is 1.91. The SMILES string of the molecule is O=[N+]([O-])c1cccc(CC(O)CSc2ccccc2)c1O. The van der Waals surface area contributed by atoms with Gasteiger partial charge in [0.25, 0.3) is 0 Å². The molecule has 0 bridgehead atoms. The first-order valence-electron chi connectivity index (χ1n) is 6.39. The smallest absolute Gasteiger partial charge is 0.310 e. The molecule has 0 amide bonds. The van der Waals surface area contributed by atoms with Crippen molar-refractivity contribution in [3.63, 3.8) is 0 Å². The average Bonchev–Trinajstić information content (AvgIpc) is 2.48. The van der Waals surface area contributed by atoms with E-state index in [1.807, 2.05) is 30.3 Å². The van der Waals surface area contributed by atoms with E-state index in [-0.39, 0.29) is 17.9 Å². The summed E-state index contributed by atoms with van der Waals surface area (Å²) in [5.41, 5.74) is 0.0424. The number of aliphatic hydroxyl groups is 1. The van der Waals surface area contributed by atoms with Gasteiger partial charge in [0.05, 0.1) is 11.0 Å². The largest absolute Gasteiger partial charge is 0.502 e. The van der Waals surface area contributed by atoms with Crippen molar-refractivity contribution in [2.75, 3.05) is 5.75 Å². The Kier molecular flexibility index (Phi) is 5.19. The number of hydrogen-bond donors (Lipinski definition) is 2. The molecule has 110 valence electrons. The number of hydrogen-bond acceptors (Lipinski definition) is 5. The Hall–Kier alpha value is -2.05. The number of para-hydroxylation sites is 1. The van der Waals surface area contributed by atoms with Gasteiger partial charge in [-0.1, -0.05) is 30.3 Å². The number of rotatable bonds is 6. The lowest BCUT2D eigenvalue weighted by atomic mass is 10.1. The van der Waals surface area contributed by atoms with Crippen molar-refractivity contribution in [2.24, 2.45) is 0 Å². The first-order valence-corrected chi connectivity index (χ1v) is 7.37. The zero-order valence-corrected chi connectivity index (χ0v) is 12.0. The Labute approximate surface area is 126 Å². The summed E-state index contributed by atoms with van der Waals surface area (Å²) in [4.78, 5) is 11.2. The van der Waals surface area contributed by atoms with E-state index in [9.17, 15) is 20.3 Å². The Morgan fingerprint density at radius 3 is 2.52 bits per heavy atom. The van der Waals surface area contributed by atoms with Gasteiger partial charge in [-0.05, 0) is 12.1 Å². The van der Waals surface area contributed by atoms with E-state index in [1.54, 1.807) is 6.07 Å². The van der Waals surface area contributed by atoms with Gasteiger partial charge < -0.3 is 10.2 Å². The number of phenolic OH excluding ortho intramolecular Hbond substituents is 1. The highest BCUT2D eigenvalue weighted by atomic mass is 32.2. The maximum atomic E-state index is 10.7. The second-order valence-corrected chi connectivity index (χ2v) is 5.62. The first-order chi connectivity index (χ1) is 10.1. The van der Waals surface area contributed by atoms with E-state index < -0.39 is 11.0 Å². The topological polar surface area (TPSA) is 83.6 Å². The molecule has 0 aliphatic heterocycles. The van der Waals surface area contributed by atoms with Gasteiger partial charge in [0, 0.05) is 28.7 Å². The molecule has 0 saturated carbocycles. The molecular weight excluding hydrogens is 290 g/mol. The van der Waals surface area contributed by atoms with Gasteiger partial charge in [-0.25, -0.2) is 0 Å². The Bertz CT molecular complexity index is 618. The van der Waals surface area contributed by atoms with Crippen LogP contribution in [0.1, 0.15) is 5.56 Å². The van der Waals surface area contributed by atoms with Crippen LogP contribution in [0, 0.1) is 10.1 Å². The molecule has 1 unspecified atom stereocenters. The predicted molar refractivity (Wildman–Crippen MR) is 81.6 cm³/mol. The number of aromatic hydroxyl groups is 1. The number of nitro groups is 1. The highest BCUT2D eigenvalue weighted by Gasteiger charge is 2.18. The zero-order chi connectivity index (χ0) is 15.2. The summed E-state index contributed by atoms with van der Waals surface area (Å²) < 4.78 is 0. The highest BCUT2D eigenvalue weighted by molar-refractivity contribution is 7.99. The number of aliphatic hydroxyl groups excluding tert-OH is 1. The quantitative estimate of drug-likeness (QED) is 0.487. The number of phenols is 1. The van der Waals surface area contributed by atoms with Gasteiger partial charge in [0.2, 0.25) is 0 Å². The molecule has 0 spiro atoms. The second kappa shape index (κ2) is 7.10. The van der Waals surface area contributed by atoms with Crippen molar-refractivity contribution in [1.82, 2.24) is 0 Å². The molecule has 5 nitrogen and oxygen atoms in total. The Balaban J connectivity index is 1.98. The second-order valence-electron chi connectivity index (χ2n) is 4.52. The third-order valence-electron chi connectivity index (χ3n) is 2.94. The summed E-state index contributed by atoms with van der Waals surface area (Å²) in [7, 11) is 0. The van der Waals surface area contributed by atoms with Crippen LogP contribution < -0.4 is 0 Å². The molecule has 0 heterocycles. The van der Waals surface area contributed by atoms with Crippen molar-refractivity contribution in [2.45, 2.75) is 17.4 Å². The normalized spacial score (nSPS) is 12.0. The number of nitrogens with zero attached hydrogens (tertiary/aromatic N) is 1. The van der Waals surface area contributed by atoms with Crippen molar-refractivity contribution < 1.29 is 15.1 Å². The van der Waals surface area contributed by atoms with E-state index in [1.165, 1.54) is 23.9 Å². The van der Waals surface area contributed by atoms with Crippen LogP contribution in [0.4, 0.5) is 5.69 Å².